The number of rotatable bonds is 5. The van der Waals surface area contributed by atoms with Crippen LogP contribution in [-0.4, -0.2) is 29.6 Å². The molecule has 0 bridgehead atoms. The highest BCUT2D eigenvalue weighted by atomic mass is 16.5. The zero-order valence-electron chi connectivity index (χ0n) is 10.4. The highest BCUT2D eigenvalue weighted by molar-refractivity contribution is 5.65. The molecule has 92 valence electrons. The summed E-state index contributed by atoms with van der Waals surface area (Å²) in [4.78, 5) is 13.2. The highest BCUT2D eigenvalue weighted by Crippen LogP contribution is 2.33. The van der Waals surface area contributed by atoms with Crippen LogP contribution in [0.3, 0.4) is 0 Å². The standard InChI is InChI=1S/C14H19NO2/c1-3-13-14(10-17-11(2)16)15(13)9-12-7-5-4-6-8-12/h4-8,13-14H,3,9-10H2,1-2H3/t13-,14-,15?/m0/s1. The van der Waals surface area contributed by atoms with Gasteiger partial charge in [0.1, 0.15) is 6.61 Å². The lowest BCUT2D eigenvalue weighted by Crippen LogP contribution is -2.11. The second-order valence-electron chi connectivity index (χ2n) is 4.50. The Morgan fingerprint density at radius 1 is 1.29 bits per heavy atom. The van der Waals surface area contributed by atoms with Crippen molar-refractivity contribution in [1.82, 2.24) is 4.90 Å². The van der Waals surface area contributed by atoms with Gasteiger partial charge in [-0.25, -0.2) is 0 Å². The number of ether oxygens (including phenoxy) is 1. The van der Waals surface area contributed by atoms with Crippen LogP contribution in [0.25, 0.3) is 0 Å². The quantitative estimate of drug-likeness (QED) is 0.577. The van der Waals surface area contributed by atoms with Gasteiger partial charge in [-0.05, 0) is 12.0 Å². The molecule has 0 saturated carbocycles. The first-order valence-corrected chi connectivity index (χ1v) is 6.15. The molecule has 1 aromatic rings. The van der Waals surface area contributed by atoms with E-state index >= 15 is 0 Å². The van der Waals surface area contributed by atoms with Gasteiger partial charge in [0.15, 0.2) is 0 Å². The third-order valence-electron chi connectivity index (χ3n) is 3.29. The largest absolute Gasteiger partial charge is 0.464 e. The smallest absolute Gasteiger partial charge is 0.302 e. The summed E-state index contributed by atoms with van der Waals surface area (Å²) in [5, 5.41) is 0. The summed E-state index contributed by atoms with van der Waals surface area (Å²) in [6.07, 6.45) is 1.11. The van der Waals surface area contributed by atoms with E-state index in [1.54, 1.807) is 0 Å². The fourth-order valence-electron chi connectivity index (χ4n) is 2.34. The van der Waals surface area contributed by atoms with Crippen molar-refractivity contribution < 1.29 is 9.53 Å². The van der Waals surface area contributed by atoms with Crippen molar-refractivity contribution in [3.05, 3.63) is 35.9 Å². The van der Waals surface area contributed by atoms with Crippen LogP contribution in [0.2, 0.25) is 0 Å². The monoisotopic (exact) mass is 233 g/mol. The first-order valence-electron chi connectivity index (χ1n) is 6.15. The predicted octanol–water partition coefficient (Wildman–Crippen LogP) is 2.21. The number of carbonyl (C=O) groups is 1. The minimum absolute atomic E-state index is 0.189. The van der Waals surface area contributed by atoms with E-state index in [0.717, 1.165) is 13.0 Å². The Bertz CT molecular complexity index is 377. The van der Waals surface area contributed by atoms with Crippen molar-refractivity contribution in [2.24, 2.45) is 0 Å². The first-order chi connectivity index (χ1) is 8.22. The third kappa shape index (κ3) is 3.07. The van der Waals surface area contributed by atoms with Crippen LogP contribution in [0.5, 0.6) is 0 Å². The molecule has 3 atom stereocenters. The van der Waals surface area contributed by atoms with Crippen LogP contribution in [0, 0.1) is 0 Å². The fraction of sp³-hybridized carbons (Fsp3) is 0.500. The van der Waals surface area contributed by atoms with Crippen molar-refractivity contribution >= 4 is 5.97 Å². The van der Waals surface area contributed by atoms with Gasteiger partial charge < -0.3 is 4.74 Å². The number of esters is 1. The van der Waals surface area contributed by atoms with E-state index in [2.05, 4.69) is 36.1 Å². The Kier molecular flexibility index (Phi) is 3.79. The lowest BCUT2D eigenvalue weighted by molar-refractivity contribution is -0.141. The van der Waals surface area contributed by atoms with E-state index in [-0.39, 0.29) is 5.97 Å². The maximum Gasteiger partial charge on any atom is 0.302 e. The summed E-state index contributed by atoms with van der Waals surface area (Å²) in [5.74, 6) is -0.189. The number of hydrogen-bond donors (Lipinski definition) is 0. The van der Waals surface area contributed by atoms with Crippen molar-refractivity contribution in [3.8, 4) is 0 Å². The molecule has 1 heterocycles. The van der Waals surface area contributed by atoms with Crippen LogP contribution >= 0.6 is 0 Å². The van der Waals surface area contributed by atoms with Gasteiger partial charge in [-0.3, -0.25) is 9.69 Å². The summed E-state index contributed by atoms with van der Waals surface area (Å²) in [6, 6.07) is 11.4. The van der Waals surface area contributed by atoms with Crippen molar-refractivity contribution in [3.63, 3.8) is 0 Å². The van der Waals surface area contributed by atoms with Gasteiger partial charge in [0.05, 0.1) is 6.04 Å². The van der Waals surface area contributed by atoms with Crippen molar-refractivity contribution in [1.29, 1.82) is 0 Å². The van der Waals surface area contributed by atoms with E-state index in [0.29, 0.717) is 18.7 Å². The molecule has 17 heavy (non-hydrogen) atoms. The lowest BCUT2D eigenvalue weighted by Gasteiger charge is -2.04. The normalized spacial score (nSPS) is 26.6. The van der Waals surface area contributed by atoms with Crippen LogP contribution in [0.4, 0.5) is 0 Å². The first kappa shape index (κ1) is 12.1. The van der Waals surface area contributed by atoms with Gasteiger partial charge >= 0.3 is 5.97 Å². The summed E-state index contributed by atoms with van der Waals surface area (Å²) in [5.41, 5.74) is 1.32. The second-order valence-corrected chi connectivity index (χ2v) is 4.50. The Labute approximate surface area is 102 Å². The van der Waals surface area contributed by atoms with E-state index < -0.39 is 0 Å². The molecule has 2 rings (SSSR count). The lowest BCUT2D eigenvalue weighted by atomic mass is 10.2. The maximum absolute atomic E-state index is 10.8. The summed E-state index contributed by atoms with van der Waals surface area (Å²) in [6.45, 7) is 5.12. The Balaban J connectivity index is 1.87. The number of benzene rings is 1. The van der Waals surface area contributed by atoms with Crippen LogP contribution in [-0.2, 0) is 16.1 Å². The molecule has 0 radical (unpaired) electrons. The summed E-state index contributed by atoms with van der Waals surface area (Å²) < 4.78 is 5.09. The average molecular weight is 233 g/mol. The summed E-state index contributed by atoms with van der Waals surface area (Å²) in [7, 11) is 0. The zero-order chi connectivity index (χ0) is 12.3. The van der Waals surface area contributed by atoms with E-state index in [1.807, 2.05) is 6.07 Å². The zero-order valence-corrected chi connectivity index (χ0v) is 10.4. The molecule has 1 aliphatic rings. The molecule has 3 heteroatoms. The van der Waals surface area contributed by atoms with Gasteiger partial charge in [0, 0.05) is 19.5 Å². The number of hydrogen-bond acceptors (Lipinski definition) is 3. The molecule has 3 nitrogen and oxygen atoms in total. The molecule has 1 unspecified atom stereocenters. The molecule has 0 spiro atoms. The molecule has 1 fully saturated rings. The minimum Gasteiger partial charge on any atom is -0.464 e. The van der Waals surface area contributed by atoms with Crippen LogP contribution in [0.1, 0.15) is 25.8 Å². The van der Waals surface area contributed by atoms with Gasteiger partial charge in [0.25, 0.3) is 0 Å². The third-order valence-corrected chi connectivity index (χ3v) is 3.29. The molecule has 0 amide bonds. The average Bonchev–Trinajstić information content (AvgIpc) is 3.00. The molecule has 0 aliphatic carbocycles. The molecule has 1 saturated heterocycles. The predicted molar refractivity (Wildman–Crippen MR) is 66.5 cm³/mol. The summed E-state index contributed by atoms with van der Waals surface area (Å²) >= 11 is 0. The molecule has 1 aromatic carbocycles. The number of carbonyl (C=O) groups excluding carboxylic acids is 1. The van der Waals surface area contributed by atoms with Crippen molar-refractivity contribution in [2.75, 3.05) is 6.61 Å². The Morgan fingerprint density at radius 3 is 2.59 bits per heavy atom. The maximum atomic E-state index is 10.8. The molecule has 0 N–H and O–H groups in total. The van der Waals surface area contributed by atoms with E-state index in [1.165, 1.54) is 12.5 Å². The fourth-order valence-corrected chi connectivity index (χ4v) is 2.34. The molecule has 1 aliphatic heterocycles. The van der Waals surface area contributed by atoms with Gasteiger partial charge in [-0.15, -0.1) is 0 Å². The van der Waals surface area contributed by atoms with E-state index in [4.69, 9.17) is 4.74 Å². The molecular formula is C14H19NO2. The number of nitrogens with zero attached hydrogens (tertiary/aromatic N) is 1. The Hall–Kier alpha value is -1.35. The van der Waals surface area contributed by atoms with Gasteiger partial charge in [-0.2, -0.15) is 0 Å². The van der Waals surface area contributed by atoms with Crippen LogP contribution < -0.4 is 0 Å². The van der Waals surface area contributed by atoms with Crippen molar-refractivity contribution in [2.45, 2.75) is 38.9 Å². The van der Waals surface area contributed by atoms with Gasteiger partial charge in [0.2, 0.25) is 0 Å². The minimum atomic E-state index is -0.189. The highest BCUT2D eigenvalue weighted by Gasteiger charge is 2.46. The SMILES string of the molecule is CC[C@H]1[C@H](COC(C)=O)N1Cc1ccccc1. The second kappa shape index (κ2) is 5.32. The Morgan fingerprint density at radius 2 is 2.00 bits per heavy atom. The van der Waals surface area contributed by atoms with Crippen LogP contribution in [0.15, 0.2) is 30.3 Å². The topological polar surface area (TPSA) is 29.3 Å². The molecular weight excluding hydrogens is 214 g/mol. The van der Waals surface area contributed by atoms with E-state index in [9.17, 15) is 4.79 Å². The molecule has 0 aromatic heterocycles. The van der Waals surface area contributed by atoms with Gasteiger partial charge in [-0.1, -0.05) is 37.3 Å².